The Labute approximate surface area is 102 Å². The molecule has 0 radical (unpaired) electrons. The molecule has 1 aromatic rings. The maximum atomic E-state index is 3.56. The molecule has 0 unspecified atom stereocenters. The fourth-order valence-corrected chi connectivity index (χ4v) is 2.00. The van der Waals surface area contributed by atoms with Crippen LogP contribution < -0.4 is 5.32 Å². The van der Waals surface area contributed by atoms with Gasteiger partial charge in [0.05, 0.1) is 0 Å². The molecule has 1 nitrogen and oxygen atoms in total. The van der Waals surface area contributed by atoms with Gasteiger partial charge < -0.3 is 5.32 Å². The SMILES string of the molecule is CC1(NCc2ccc(Br)c(Br)c2)CC1. The highest BCUT2D eigenvalue weighted by Crippen LogP contribution is 2.34. The van der Waals surface area contributed by atoms with E-state index in [-0.39, 0.29) is 0 Å². The highest BCUT2D eigenvalue weighted by molar-refractivity contribution is 9.13. The standard InChI is InChI=1S/C11H13Br2N/c1-11(4-5-11)14-7-8-2-3-9(12)10(13)6-8/h2-3,6,14H,4-5,7H2,1H3. The minimum atomic E-state index is 0.416. The first-order valence-corrected chi connectivity index (χ1v) is 6.37. The fraction of sp³-hybridized carbons (Fsp3) is 0.455. The van der Waals surface area contributed by atoms with E-state index in [1.807, 2.05) is 0 Å². The van der Waals surface area contributed by atoms with Gasteiger partial charge in [-0.05, 0) is 69.3 Å². The first-order chi connectivity index (χ1) is 6.59. The van der Waals surface area contributed by atoms with Crippen LogP contribution in [0.25, 0.3) is 0 Å². The van der Waals surface area contributed by atoms with Crippen molar-refractivity contribution < 1.29 is 0 Å². The molecule has 3 heteroatoms. The largest absolute Gasteiger partial charge is 0.307 e. The fourth-order valence-electron chi connectivity index (χ4n) is 1.33. The van der Waals surface area contributed by atoms with Gasteiger partial charge in [0.2, 0.25) is 0 Å². The van der Waals surface area contributed by atoms with E-state index in [0.29, 0.717) is 5.54 Å². The highest BCUT2D eigenvalue weighted by atomic mass is 79.9. The van der Waals surface area contributed by atoms with Crippen molar-refractivity contribution in [3.05, 3.63) is 32.7 Å². The number of benzene rings is 1. The van der Waals surface area contributed by atoms with Crippen molar-refractivity contribution in [2.24, 2.45) is 0 Å². The van der Waals surface area contributed by atoms with Crippen LogP contribution in [0.5, 0.6) is 0 Å². The molecule has 1 aliphatic carbocycles. The number of rotatable bonds is 3. The van der Waals surface area contributed by atoms with Crippen LogP contribution >= 0.6 is 31.9 Å². The predicted octanol–water partition coefficient (Wildman–Crippen LogP) is 3.85. The van der Waals surface area contributed by atoms with Crippen molar-refractivity contribution in [2.45, 2.75) is 31.8 Å². The van der Waals surface area contributed by atoms with Crippen molar-refractivity contribution in [1.29, 1.82) is 0 Å². The number of hydrogen-bond acceptors (Lipinski definition) is 1. The van der Waals surface area contributed by atoms with E-state index in [9.17, 15) is 0 Å². The van der Waals surface area contributed by atoms with Crippen molar-refractivity contribution in [2.75, 3.05) is 0 Å². The molecule has 1 aliphatic rings. The summed E-state index contributed by atoms with van der Waals surface area (Å²) in [7, 11) is 0. The van der Waals surface area contributed by atoms with E-state index >= 15 is 0 Å². The maximum absolute atomic E-state index is 3.56. The lowest BCUT2D eigenvalue weighted by molar-refractivity contribution is 0.537. The van der Waals surface area contributed by atoms with E-state index in [4.69, 9.17) is 0 Å². The second-order valence-corrected chi connectivity index (χ2v) is 5.87. The Bertz CT molecular complexity index is 345. The molecule has 0 aliphatic heterocycles. The van der Waals surface area contributed by atoms with E-state index in [1.165, 1.54) is 18.4 Å². The smallest absolute Gasteiger partial charge is 0.0320 e. The van der Waals surface area contributed by atoms with Gasteiger partial charge >= 0.3 is 0 Å². The summed E-state index contributed by atoms with van der Waals surface area (Å²) in [5.41, 5.74) is 1.74. The lowest BCUT2D eigenvalue weighted by atomic mass is 10.2. The molecule has 1 saturated carbocycles. The van der Waals surface area contributed by atoms with Crippen LogP contribution in [0.3, 0.4) is 0 Å². The van der Waals surface area contributed by atoms with Crippen LogP contribution in [0, 0.1) is 0 Å². The monoisotopic (exact) mass is 317 g/mol. The lowest BCUT2D eigenvalue weighted by Gasteiger charge is -2.11. The predicted molar refractivity (Wildman–Crippen MR) is 66.3 cm³/mol. The van der Waals surface area contributed by atoms with Crippen LogP contribution in [0.2, 0.25) is 0 Å². The van der Waals surface area contributed by atoms with Gasteiger partial charge in [-0.3, -0.25) is 0 Å². The summed E-state index contributed by atoms with van der Waals surface area (Å²) in [5.74, 6) is 0. The number of hydrogen-bond donors (Lipinski definition) is 1. The average Bonchev–Trinajstić information content (AvgIpc) is 2.87. The zero-order valence-electron chi connectivity index (χ0n) is 8.11. The molecule has 0 amide bonds. The second-order valence-electron chi connectivity index (χ2n) is 4.16. The molecule has 0 saturated heterocycles. The summed E-state index contributed by atoms with van der Waals surface area (Å²) >= 11 is 6.97. The normalized spacial score (nSPS) is 18.2. The molecule has 0 heterocycles. The summed E-state index contributed by atoms with van der Waals surface area (Å²) in [6.45, 7) is 3.24. The van der Waals surface area contributed by atoms with Gasteiger partial charge in [-0.25, -0.2) is 0 Å². The molecular weight excluding hydrogens is 306 g/mol. The van der Waals surface area contributed by atoms with Crippen LogP contribution in [-0.4, -0.2) is 5.54 Å². The van der Waals surface area contributed by atoms with Gasteiger partial charge in [0.15, 0.2) is 0 Å². The van der Waals surface area contributed by atoms with Crippen LogP contribution in [0.4, 0.5) is 0 Å². The topological polar surface area (TPSA) is 12.0 Å². The Hall–Kier alpha value is 0.140. The Morgan fingerprint density at radius 3 is 2.57 bits per heavy atom. The third kappa shape index (κ3) is 2.59. The zero-order valence-corrected chi connectivity index (χ0v) is 11.3. The minimum Gasteiger partial charge on any atom is -0.307 e. The summed E-state index contributed by atoms with van der Waals surface area (Å²) in [6.07, 6.45) is 2.62. The molecule has 0 spiro atoms. The van der Waals surface area contributed by atoms with Crippen LogP contribution in [-0.2, 0) is 6.54 Å². The first kappa shape index (κ1) is 10.7. The van der Waals surface area contributed by atoms with Gasteiger partial charge in [-0.1, -0.05) is 6.07 Å². The molecule has 1 aromatic carbocycles. The molecule has 1 N–H and O–H groups in total. The van der Waals surface area contributed by atoms with Crippen molar-refractivity contribution in [1.82, 2.24) is 5.32 Å². The summed E-state index contributed by atoms with van der Waals surface area (Å²) < 4.78 is 2.23. The summed E-state index contributed by atoms with van der Waals surface area (Å²) in [5, 5.41) is 3.56. The number of halogens is 2. The molecule has 0 bridgehead atoms. The first-order valence-electron chi connectivity index (χ1n) is 4.78. The molecule has 0 atom stereocenters. The van der Waals surface area contributed by atoms with E-state index < -0.39 is 0 Å². The van der Waals surface area contributed by atoms with Crippen LogP contribution in [0.15, 0.2) is 27.1 Å². The molecule has 1 fully saturated rings. The third-order valence-electron chi connectivity index (χ3n) is 2.70. The minimum absolute atomic E-state index is 0.416. The molecule has 2 rings (SSSR count). The lowest BCUT2D eigenvalue weighted by Crippen LogP contribution is -2.26. The van der Waals surface area contributed by atoms with Crippen LogP contribution in [0.1, 0.15) is 25.3 Å². The van der Waals surface area contributed by atoms with Gasteiger partial charge in [-0.2, -0.15) is 0 Å². The Morgan fingerprint density at radius 2 is 2.00 bits per heavy atom. The second kappa shape index (κ2) is 3.95. The van der Waals surface area contributed by atoms with Gasteiger partial charge in [0, 0.05) is 21.0 Å². The molecular formula is C11H13Br2N. The summed E-state index contributed by atoms with van der Waals surface area (Å²) in [4.78, 5) is 0. The highest BCUT2D eigenvalue weighted by Gasteiger charge is 2.36. The van der Waals surface area contributed by atoms with Gasteiger partial charge in [0.1, 0.15) is 0 Å². The molecule has 0 aromatic heterocycles. The Morgan fingerprint density at radius 1 is 1.29 bits per heavy atom. The molecule has 14 heavy (non-hydrogen) atoms. The Balaban J connectivity index is 1.99. The third-order valence-corrected chi connectivity index (χ3v) is 4.58. The van der Waals surface area contributed by atoms with Gasteiger partial charge in [0.25, 0.3) is 0 Å². The summed E-state index contributed by atoms with van der Waals surface area (Å²) in [6, 6.07) is 6.38. The van der Waals surface area contributed by atoms with E-state index in [1.54, 1.807) is 0 Å². The molecule has 76 valence electrons. The van der Waals surface area contributed by atoms with E-state index in [2.05, 4.69) is 62.3 Å². The zero-order chi connectivity index (χ0) is 10.2. The van der Waals surface area contributed by atoms with Crippen molar-refractivity contribution >= 4 is 31.9 Å². The quantitative estimate of drug-likeness (QED) is 0.892. The van der Waals surface area contributed by atoms with Crippen molar-refractivity contribution in [3.8, 4) is 0 Å². The average molecular weight is 319 g/mol. The van der Waals surface area contributed by atoms with E-state index in [0.717, 1.165) is 15.5 Å². The number of nitrogens with one attached hydrogen (secondary N) is 1. The van der Waals surface area contributed by atoms with Gasteiger partial charge in [-0.15, -0.1) is 0 Å². The Kier molecular flexibility index (Phi) is 3.01. The maximum Gasteiger partial charge on any atom is 0.0320 e. The van der Waals surface area contributed by atoms with Crippen molar-refractivity contribution in [3.63, 3.8) is 0 Å².